The molecule has 0 saturated heterocycles. The molecule has 1 unspecified atom stereocenters. The van der Waals surface area contributed by atoms with E-state index < -0.39 is 11.6 Å². The first-order chi connectivity index (χ1) is 16.2. The average molecular weight is 441 g/mol. The van der Waals surface area contributed by atoms with Crippen LogP contribution >= 0.6 is 0 Å². The number of hydrogen-bond acceptors (Lipinski definition) is 4. The molecule has 33 heavy (non-hydrogen) atoms. The molecule has 3 aromatic rings. The van der Waals surface area contributed by atoms with E-state index in [-0.39, 0.29) is 5.91 Å². The van der Waals surface area contributed by atoms with E-state index in [1.807, 2.05) is 31.3 Å². The van der Waals surface area contributed by atoms with E-state index >= 15 is 0 Å². The summed E-state index contributed by atoms with van der Waals surface area (Å²) in [6.07, 6.45) is 3.32. The van der Waals surface area contributed by atoms with Crippen molar-refractivity contribution in [3.63, 3.8) is 0 Å². The van der Waals surface area contributed by atoms with Gasteiger partial charge in [-0.2, -0.15) is 0 Å². The highest BCUT2D eigenvalue weighted by atomic mass is 16.2. The molecule has 1 amide bonds. The lowest BCUT2D eigenvalue weighted by Crippen LogP contribution is -2.49. The SMILES string of the molecule is CCCNC(=O)C(N)CC1=CNCN1C(c1ccccc1)(c1ccccc1)c1ccccc1. The fraction of sp³-hybridized carbons (Fsp3) is 0.250. The summed E-state index contributed by atoms with van der Waals surface area (Å²) in [5, 5.41) is 6.33. The third kappa shape index (κ3) is 4.50. The van der Waals surface area contributed by atoms with E-state index in [9.17, 15) is 4.79 Å². The van der Waals surface area contributed by atoms with Crippen molar-refractivity contribution in [3.8, 4) is 0 Å². The van der Waals surface area contributed by atoms with E-state index in [2.05, 4.69) is 88.3 Å². The Labute approximate surface area is 196 Å². The van der Waals surface area contributed by atoms with Crippen molar-refractivity contribution >= 4 is 5.91 Å². The summed E-state index contributed by atoms with van der Waals surface area (Å²) in [6, 6.07) is 31.0. The van der Waals surface area contributed by atoms with Gasteiger partial charge in [-0.25, -0.2) is 0 Å². The third-order valence-electron chi connectivity index (χ3n) is 6.16. The van der Waals surface area contributed by atoms with Crippen molar-refractivity contribution in [1.82, 2.24) is 15.5 Å². The van der Waals surface area contributed by atoms with Crippen LogP contribution in [0.1, 0.15) is 36.5 Å². The molecule has 1 aliphatic rings. The van der Waals surface area contributed by atoms with Gasteiger partial charge < -0.3 is 21.3 Å². The van der Waals surface area contributed by atoms with Gasteiger partial charge in [-0.15, -0.1) is 0 Å². The topological polar surface area (TPSA) is 70.4 Å². The summed E-state index contributed by atoms with van der Waals surface area (Å²) in [4.78, 5) is 14.9. The number of benzene rings is 3. The molecule has 1 aliphatic heterocycles. The Morgan fingerprint density at radius 1 is 0.939 bits per heavy atom. The van der Waals surface area contributed by atoms with Crippen LogP contribution in [0.25, 0.3) is 0 Å². The molecule has 4 N–H and O–H groups in total. The van der Waals surface area contributed by atoms with Crippen molar-refractivity contribution in [2.45, 2.75) is 31.3 Å². The van der Waals surface area contributed by atoms with Gasteiger partial charge in [-0.3, -0.25) is 4.79 Å². The van der Waals surface area contributed by atoms with Crippen molar-refractivity contribution in [1.29, 1.82) is 0 Å². The van der Waals surface area contributed by atoms with E-state index in [4.69, 9.17) is 5.73 Å². The smallest absolute Gasteiger partial charge is 0.237 e. The molecule has 0 aliphatic carbocycles. The first-order valence-electron chi connectivity index (χ1n) is 11.6. The first kappa shape index (κ1) is 22.6. The lowest BCUT2D eigenvalue weighted by molar-refractivity contribution is -0.122. The molecule has 1 heterocycles. The summed E-state index contributed by atoms with van der Waals surface area (Å²) in [7, 11) is 0. The van der Waals surface area contributed by atoms with E-state index in [0.717, 1.165) is 28.8 Å². The average Bonchev–Trinajstić information content (AvgIpc) is 3.33. The monoisotopic (exact) mass is 440 g/mol. The summed E-state index contributed by atoms with van der Waals surface area (Å²) >= 11 is 0. The van der Waals surface area contributed by atoms with Crippen LogP contribution < -0.4 is 16.4 Å². The second-order valence-corrected chi connectivity index (χ2v) is 8.34. The van der Waals surface area contributed by atoms with E-state index in [1.54, 1.807) is 0 Å². The lowest BCUT2D eigenvalue weighted by Gasteiger charge is -2.46. The van der Waals surface area contributed by atoms with E-state index in [0.29, 0.717) is 19.6 Å². The number of carbonyl (C=O) groups is 1. The van der Waals surface area contributed by atoms with Crippen molar-refractivity contribution < 1.29 is 4.79 Å². The lowest BCUT2D eigenvalue weighted by atomic mass is 9.75. The van der Waals surface area contributed by atoms with Gasteiger partial charge in [0.2, 0.25) is 5.91 Å². The van der Waals surface area contributed by atoms with Crippen LogP contribution in [-0.2, 0) is 10.3 Å². The number of nitrogens with one attached hydrogen (secondary N) is 2. The van der Waals surface area contributed by atoms with Crippen LogP contribution in [0.3, 0.4) is 0 Å². The van der Waals surface area contributed by atoms with Crippen LogP contribution in [0.4, 0.5) is 0 Å². The maximum atomic E-state index is 12.6. The standard InChI is InChI=1S/C28H32N4O/c1-2-18-31-27(33)26(29)19-25-20-30-21-32(25)28(22-12-6-3-7-13-22,23-14-8-4-9-15-23)24-16-10-5-11-17-24/h3-17,20,26,30H,2,18-19,21,29H2,1H3,(H,31,33). The predicted octanol–water partition coefficient (Wildman–Crippen LogP) is 3.93. The molecule has 0 fully saturated rings. The van der Waals surface area contributed by atoms with Gasteiger partial charge in [0.05, 0.1) is 12.7 Å². The molecule has 5 nitrogen and oxygen atoms in total. The molecule has 1 atom stereocenters. The van der Waals surface area contributed by atoms with Crippen LogP contribution in [-0.4, -0.2) is 30.1 Å². The fourth-order valence-electron chi connectivity index (χ4n) is 4.64. The van der Waals surface area contributed by atoms with Crippen LogP contribution in [0.5, 0.6) is 0 Å². The Morgan fingerprint density at radius 3 is 1.88 bits per heavy atom. The Hall–Kier alpha value is -3.57. The molecule has 0 spiro atoms. The third-order valence-corrected chi connectivity index (χ3v) is 6.16. The number of hydrogen-bond donors (Lipinski definition) is 3. The number of nitrogens with zero attached hydrogens (tertiary/aromatic N) is 1. The van der Waals surface area contributed by atoms with Crippen molar-refractivity contribution in [2.24, 2.45) is 5.73 Å². The van der Waals surface area contributed by atoms with E-state index in [1.165, 1.54) is 0 Å². The van der Waals surface area contributed by atoms with Gasteiger partial charge in [-0.05, 0) is 23.1 Å². The largest absolute Gasteiger partial charge is 0.372 e. The van der Waals surface area contributed by atoms with Gasteiger partial charge in [0, 0.05) is 24.9 Å². The highest BCUT2D eigenvalue weighted by Gasteiger charge is 2.44. The van der Waals surface area contributed by atoms with Crippen LogP contribution in [0.15, 0.2) is 103 Å². The normalized spacial score (nSPS) is 14.4. The fourth-order valence-corrected chi connectivity index (χ4v) is 4.64. The van der Waals surface area contributed by atoms with Crippen molar-refractivity contribution in [3.05, 3.63) is 120 Å². The Bertz CT molecular complexity index is 970. The summed E-state index contributed by atoms with van der Waals surface area (Å²) < 4.78 is 0. The number of carbonyl (C=O) groups excluding carboxylic acids is 1. The molecule has 0 bridgehead atoms. The molecule has 4 rings (SSSR count). The predicted molar refractivity (Wildman–Crippen MR) is 133 cm³/mol. The van der Waals surface area contributed by atoms with Crippen LogP contribution in [0.2, 0.25) is 0 Å². The van der Waals surface area contributed by atoms with Gasteiger partial charge in [0.1, 0.15) is 5.54 Å². The molecule has 0 radical (unpaired) electrons. The first-order valence-corrected chi connectivity index (χ1v) is 11.6. The molecular weight excluding hydrogens is 408 g/mol. The van der Waals surface area contributed by atoms with Gasteiger partial charge >= 0.3 is 0 Å². The van der Waals surface area contributed by atoms with Gasteiger partial charge in [0.15, 0.2) is 0 Å². The Morgan fingerprint density at radius 2 is 1.42 bits per heavy atom. The Kier molecular flexibility index (Phi) is 7.10. The zero-order valence-corrected chi connectivity index (χ0v) is 19.1. The second-order valence-electron chi connectivity index (χ2n) is 8.34. The minimum absolute atomic E-state index is 0.116. The number of nitrogens with two attached hydrogens (primary N) is 1. The Balaban J connectivity index is 1.83. The molecule has 5 heteroatoms. The quantitative estimate of drug-likeness (QED) is 0.441. The molecule has 0 aromatic heterocycles. The summed E-state index contributed by atoms with van der Waals surface area (Å²) in [5.74, 6) is -0.116. The highest BCUT2D eigenvalue weighted by Crippen LogP contribution is 2.45. The minimum Gasteiger partial charge on any atom is -0.372 e. The molecule has 3 aromatic carbocycles. The zero-order chi connectivity index (χ0) is 23.1. The highest BCUT2D eigenvalue weighted by molar-refractivity contribution is 5.81. The summed E-state index contributed by atoms with van der Waals surface area (Å²) in [5.41, 5.74) is 10.2. The number of amides is 1. The minimum atomic E-state index is -0.620. The molecular formula is C28H32N4O. The van der Waals surface area contributed by atoms with Gasteiger partial charge in [0.25, 0.3) is 0 Å². The maximum absolute atomic E-state index is 12.6. The molecule has 0 saturated carbocycles. The summed E-state index contributed by atoms with van der Waals surface area (Å²) in [6.45, 7) is 3.28. The van der Waals surface area contributed by atoms with Crippen molar-refractivity contribution in [2.75, 3.05) is 13.2 Å². The maximum Gasteiger partial charge on any atom is 0.237 e. The van der Waals surface area contributed by atoms with Crippen LogP contribution in [0, 0.1) is 0 Å². The zero-order valence-electron chi connectivity index (χ0n) is 19.1. The van der Waals surface area contributed by atoms with Gasteiger partial charge in [-0.1, -0.05) is 97.9 Å². The number of rotatable bonds is 9. The molecule has 170 valence electrons. The second kappa shape index (κ2) is 10.4.